The predicted molar refractivity (Wildman–Crippen MR) is 179 cm³/mol. The van der Waals surface area contributed by atoms with Crippen LogP contribution >= 0.6 is 0 Å². The summed E-state index contributed by atoms with van der Waals surface area (Å²) in [5.41, 5.74) is 3.70. The van der Waals surface area contributed by atoms with Crippen molar-refractivity contribution in [2.24, 2.45) is 0 Å². The standard InChI is InChI=1S/C37H43FN4O5/c1-23-10-7-8-19-45-37(6)15-17-41(18-16-37)34-32(33(35(43)44)47-36(3,4)5)24(2)39-31-22-29(40-42(31)34)26-12-9-11-25(20-26)28-14-13-27(38)21-30(28)46-23/h7-9,11-14,20-23,33H,10,15-19H2,1-6H3,(H,43,44)/b8-7+/t23-,33+/m1/s1. The molecule has 1 N–H and O–H groups in total. The molecular formula is C37H43FN4O5. The van der Waals surface area contributed by atoms with Crippen molar-refractivity contribution >= 4 is 17.4 Å². The molecule has 0 saturated carbocycles. The van der Waals surface area contributed by atoms with Gasteiger partial charge in [-0.15, -0.1) is 0 Å². The van der Waals surface area contributed by atoms with Gasteiger partial charge in [-0.3, -0.25) is 0 Å². The van der Waals surface area contributed by atoms with Gasteiger partial charge in [-0.1, -0.05) is 30.4 Å². The maximum absolute atomic E-state index is 14.4. The maximum Gasteiger partial charge on any atom is 0.337 e. The Kier molecular flexibility index (Phi) is 8.84. The van der Waals surface area contributed by atoms with E-state index in [2.05, 4.69) is 11.8 Å². The zero-order valence-corrected chi connectivity index (χ0v) is 27.9. The lowest BCUT2D eigenvalue weighted by Gasteiger charge is -2.41. The van der Waals surface area contributed by atoms with Crippen molar-refractivity contribution in [1.82, 2.24) is 14.6 Å². The Morgan fingerprint density at radius 1 is 1.11 bits per heavy atom. The number of fused-ring (bicyclic) bond motifs is 7. The van der Waals surface area contributed by atoms with Crippen LogP contribution in [0.25, 0.3) is 28.0 Å². The van der Waals surface area contributed by atoms with Crippen LogP contribution in [0.3, 0.4) is 0 Å². The number of hydrogen-bond donors (Lipinski definition) is 1. The topological polar surface area (TPSA) is 98.4 Å². The molecule has 1 fully saturated rings. The van der Waals surface area contributed by atoms with Crippen molar-refractivity contribution in [2.45, 2.75) is 84.2 Å². The molecular weight excluding hydrogens is 599 g/mol. The van der Waals surface area contributed by atoms with Crippen molar-refractivity contribution in [1.29, 1.82) is 0 Å². The Morgan fingerprint density at radius 3 is 2.57 bits per heavy atom. The molecule has 2 atom stereocenters. The molecule has 9 nitrogen and oxygen atoms in total. The third kappa shape index (κ3) is 7.04. The van der Waals surface area contributed by atoms with Gasteiger partial charge in [-0.25, -0.2) is 14.2 Å². The molecule has 5 heterocycles. The van der Waals surface area contributed by atoms with Crippen LogP contribution in [-0.2, 0) is 14.3 Å². The van der Waals surface area contributed by atoms with Crippen LogP contribution in [0.5, 0.6) is 5.75 Å². The molecule has 0 amide bonds. The molecule has 0 aliphatic carbocycles. The molecule has 47 heavy (non-hydrogen) atoms. The van der Waals surface area contributed by atoms with Crippen LogP contribution in [-0.4, -0.2) is 62.7 Å². The zero-order chi connectivity index (χ0) is 33.5. The summed E-state index contributed by atoms with van der Waals surface area (Å²) < 4.78 is 35.0. The minimum absolute atomic E-state index is 0.184. The van der Waals surface area contributed by atoms with Crippen LogP contribution in [0, 0.1) is 12.7 Å². The summed E-state index contributed by atoms with van der Waals surface area (Å²) in [5.74, 6) is -0.338. The highest BCUT2D eigenvalue weighted by atomic mass is 19.1. The van der Waals surface area contributed by atoms with E-state index in [0.29, 0.717) is 60.3 Å². The third-order valence-corrected chi connectivity index (χ3v) is 8.79. The monoisotopic (exact) mass is 642 g/mol. The molecule has 6 bridgehead atoms. The first-order valence-corrected chi connectivity index (χ1v) is 16.2. The number of aromatic nitrogens is 3. The lowest BCUT2D eigenvalue weighted by Crippen LogP contribution is -2.45. The number of piperidine rings is 1. The minimum atomic E-state index is -1.25. The second-order valence-electron chi connectivity index (χ2n) is 13.8. The molecule has 3 aliphatic heterocycles. The van der Waals surface area contributed by atoms with E-state index < -0.39 is 17.7 Å². The summed E-state index contributed by atoms with van der Waals surface area (Å²) in [6.07, 6.45) is 4.72. The van der Waals surface area contributed by atoms with E-state index >= 15 is 0 Å². The second-order valence-corrected chi connectivity index (χ2v) is 13.8. The first-order valence-electron chi connectivity index (χ1n) is 16.2. The summed E-state index contributed by atoms with van der Waals surface area (Å²) in [6.45, 7) is 13.2. The highest BCUT2D eigenvalue weighted by molar-refractivity contribution is 5.80. The predicted octanol–water partition coefficient (Wildman–Crippen LogP) is 7.55. The smallest absolute Gasteiger partial charge is 0.337 e. The second kappa shape index (κ2) is 12.7. The quantitative estimate of drug-likeness (QED) is 0.229. The van der Waals surface area contributed by atoms with E-state index in [0.717, 1.165) is 29.5 Å². The first-order chi connectivity index (χ1) is 22.3. The van der Waals surface area contributed by atoms with Crippen LogP contribution < -0.4 is 9.64 Å². The molecule has 3 aliphatic rings. The Morgan fingerprint density at radius 2 is 1.85 bits per heavy atom. The molecule has 7 rings (SSSR count). The van der Waals surface area contributed by atoms with E-state index in [9.17, 15) is 14.3 Å². The molecule has 248 valence electrons. The van der Waals surface area contributed by atoms with Gasteiger partial charge in [0, 0.05) is 48.5 Å². The van der Waals surface area contributed by atoms with Crippen LogP contribution in [0.4, 0.5) is 10.2 Å². The average Bonchev–Trinajstić information content (AvgIpc) is 3.43. The van der Waals surface area contributed by atoms with Gasteiger partial charge in [0.25, 0.3) is 0 Å². The summed E-state index contributed by atoms with van der Waals surface area (Å²) >= 11 is 0. The number of benzene rings is 2. The molecule has 10 heteroatoms. The van der Waals surface area contributed by atoms with Crippen LogP contribution in [0.15, 0.2) is 60.7 Å². The molecule has 0 radical (unpaired) electrons. The third-order valence-electron chi connectivity index (χ3n) is 8.79. The Bertz CT molecular complexity index is 1820. The fourth-order valence-electron chi connectivity index (χ4n) is 6.34. The van der Waals surface area contributed by atoms with Crippen LogP contribution in [0.2, 0.25) is 0 Å². The van der Waals surface area contributed by atoms with E-state index in [1.807, 2.05) is 77.1 Å². The van der Waals surface area contributed by atoms with Gasteiger partial charge >= 0.3 is 5.97 Å². The van der Waals surface area contributed by atoms with Crippen molar-refractivity contribution in [3.8, 4) is 28.1 Å². The lowest BCUT2D eigenvalue weighted by atomic mass is 9.92. The number of aliphatic carboxylic acids is 1. The molecule has 1 saturated heterocycles. The molecule has 0 spiro atoms. The highest BCUT2D eigenvalue weighted by Crippen LogP contribution is 2.39. The fraction of sp³-hybridized carbons (Fsp3) is 0.432. The number of nitrogens with zero attached hydrogens (tertiary/aromatic N) is 4. The van der Waals surface area contributed by atoms with Gasteiger partial charge in [0.05, 0.1) is 35.2 Å². The summed E-state index contributed by atoms with van der Waals surface area (Å²) in [6, 6.07) is 14.4. The number of rotatable bonds is 3. The normalized spacial score (nSPS) is 21.7. The maximum atomic E-state index is 14.4. The summed E-state index contributed by atoms with van der Waals surface area (Å²) in [7, 11) is 0. The van der Waals surface area contributed by atoms with Crippen molar-refractivity contribution in [3.63, 3.8) is 0 Å². The average molecular weight is 643 g/mol. The number of halogens is 1. The Balaban J connectivity index is 1.54. The number of aryl methyl sites for hydroxylation is 1. The van der Waals surface area contributed by atoms with Crippen molar-refractivity contribution in [2.75, 3.05) is 24.6 Å². The first kappa shape index (κ1) is 32.7. The van der Waals surface area contributed by atoms with Gasteiger partial charge < -0.3 is 24.2 Å². The van der Waals surface area contributed by atoms with Crippen molar-refractivity contribution in [3.05, 3.63) is 77.8 Å². The lowest BCUT2D eigenvalue weighted by molar-refractivity contribution is -0.160. The van der Waals surface area contributed by atoms with Gasteiger partial charge in [0.15, 0.2) is 11.8 Å². The number of ether oxygens (including phenoxy) is 3. The zero-order valence-electron chi connectivity index (χ0n) is 27.9. The SMILES string of the molecule is Cc1nc2cc3nn2c(c1[C@H](OC(C)(C)C)C(=O)O)N1CCC(C)(CC1)OC/C=C/C[C@@H](C)Oc1cc(F)ccc1-c1cccc-3c1. The Hall–Kier alpha value is -4.28. The van der Waals surface area contributed by atoms with Crippen molar-refractivity contribution < 1.29 is 28.5 Å². The van der Waals surface area contributed by atoms with Gasteiger partial charge in [-0.2, -0.15) is 9.61 Å². The van der Waals surface area contributed by atoms with E-state index in [-0.39, 0.29) is 17.5 Å². The molecule has 4 aromatic rings. The van der Waals surface area contributed by atoms with E-state index in [1.54, 1.807) is 10.6 Å². The minimum Gasteiger partial charge on any atom is -0.490 e. The summed E-state index contributed by atoms with van der Waals surface area (Å²) in [5, 5.41) is 15.5. The summed E-state index contributed by atoms with van der Waals surface area (Å²) in [4.78, 5) is 19.8. The van der Waals surface area contributed by atoms with E-state index in [4.69, 9.17) is 24.3 Å². The number of carboxylic acids is 1. The Labute approximate surface area is 275 Å². The van der Waals surface area contributed by atoms with Gasteiger partial charge in [-0.05, 0) is 78.1 Å². The number of anilines is 1. The molecule has 2 aromatic carbocycles. The molecule has 2 aromatic heterocycles. The van der Waals surface area contributed by atoms with E-state index in [1.165, 1.54) is 12.1 Å². The highest BCUT2D eigenvalue weighted by Gasteiger charge is 2.37. The number of carbonyl (C=O) groups is 1. The fourth-order valence-corrected chi connectivity index (χ4v) is 6.34. The van der Waals surface area contributed by atoms with Gasteiger partial charge in [0.2, 0.25) is 0 Å². The number of carboxylic acid groups (broad SMARTS) is 1. The van der Waals surface area contributed by atoms with Crippen LogP contribution in [0.1, 0.15) is 71.2 Å². The number of hydrogen-bond acceptors (Lipinski definition) is 7. The molecule has 0 unspecified atom stereocenters. The largest absolute Gasteiger partial charge is 0.490 e. The van der Waals surface area contributed by atoms with Gasteiger partial charge in [0.1, 0.15) is 17.4 Å².